The van der Waals surface area contributed by atoms with Crippen molar-refractivity contribution in [2.24, 2.45) is 35.0 Å². The first-order valence-electron chi connectivity index (χ1n) is 14.3. The summed E-state index contributed by atoms with van der Waals surface area (Å²) in [5, 5.41) is 0. The van der Waals surface area contributed by atoms with Crippen LogP contribution in [0, 0.1) is 35.0 Å². The van der Waals surface area contributed by atoms with Crippen molar-refractivity contribution in [3.05, 3.63) is 12.2 Å². The quantitative estimate of drug-likeness (QED) is 0.132. The van der Waals surface area contributed by atoms with Crippen molar-refractivity contribution in [1.82, 2.24) is 0 Å². The number of allylic oxidation sites excluding steroid dienone is 2. The third kappa shape index (κ3) is 13.8. The first-order valence-corrected chi connectivity index (χ1v) is 14.3. The van der Waals surface area contributed by atoms with E-state index in [2.05, 4.69) is 74.5 Å². The molecule has 0 heterocycles. The van der Waals surface area contributed by atoms with Gasteiger partial charge in [0.05, 0.1) is 0 Å². The molecule has 0 bridgehead atoms. The SMILES string of the molecule is CC=CCC(CC)C(C)C(C)(C)CCCCCCCCC(CCC)CC(CC)C(C)C. The number of rotatable bonds is 20. The van der Waals surface area contributed by atoms with E-state index in [0.29, 0.717) is 5.41 Å². The van der Waals surface area contributed by atoms with E-state index >= 15 is 0 Å². The van der Waals surface area contributed by atoms with Crippen LogP contribution in [0.15, 0.2) is 12.2 Å². The molecule has 0 heteroatoms. The van der Waals surface area contributed by atoms with Crippen molar-refractivity contribution < 1.29 is 0 Å². The molecule has 0 rings (SSSR count). The second-order valence-electron chi connectivity index (χ2n) is 11.7. The molecule has 0 aliphatic carbocycles. The first kappa shape index (κ1) is 30.7. The molecule has 0 amide bonds. The van der Waals surface area contributed by atoms with Gasteiger partial charge in [-0.15, -0.1) is 0 Å². The maximum Gasteiger partial charge on any atom is -0.0320 e. The van der Waals surface area contributed by atoms with E-state index in [-0.39, 0.29) is 0 Å². The molecule has 0 radical (unpaired) electrons. The van der Waals surface area contributed by atoms with E-state index in [4.69, 9.17) is 0 Å². The molecule has 0 aliphatic rings. The maximum atomic E-state index is 2.52. The van der Waals surface area contributed by atoms with Crippen LogP contribution in [0.4, 0.5) is 0 Å². The van der Waals surface area contributed by atoms with Gasteiger partial charge in [0.2, 0.25) is 0 Å². The second-order valence-corrected chi connectivity index (χ2v) is 11.7. The molecule has 0 saturated carbocycles. The molecule has 0 aliphatic heterocycles. The second kappa shape index (κ2) is 18.2. The number of hydrogen-bond donors (Lipinski definition) is 0. The summed E-state index contributed by atoms with van der Waals surface area (Å²) < 4.78 is 0. The van der Waals surface area contributed by atoms with Crippen LogP contribution in [0.25, 0.3) is 0 Å². The lowest BCUT2D eigenvalue weighted by Gasteiger charge is -2.37. The highest BCUT2D eigenvalue weighted by Gasteiger charge is 2.30. The van der Waals surface area contributed by atoms with Gasteiger partial charge >= 0.3 is 0 Å². The van der Waals surface area contributed by atoms with E-state index in [1.807, 2.05) is 0 Å². The molecule has 0 aromatic carbocycles. The summed E-state index contributed by atoms with van der Waals surface area (Å²) in [7, 11) is 0. The third-order valence-corrected chi connectivity index (χ3v) is 8.62. The highest BCUT2D eigenvalue weighted by atomic mass is 14.3. The fourth-order valence-electron chi connectivity index (χ4n) is 5.75. The van der Waals surface area contributed by atoms with Crippen LogP contribution in [-0.4, -0.2) is 0 Å². The molecule has 4 unspecified atom stereocenters. The average molecular weight is 435 g/mol. The van der Waals surface area contributed by atoms with Crippen LogP contribution in [0.3, 0.4) is 0 Å². The summed E-state index contributed by atoms with van der Waals surface area (Å²) in [6.07, 6.45) is 24.4. The van der Waals surface area contributed by atoms with E-state index in [0.717, 1.165) is 29.6 Å². The monoisotopic (exact) mass is 434 g/mol. The van der Waals surface area contributed by atoms with Gasteiger partial charge in [0, 0.05) is 0 Å². The molecule has 0 saturated heterocycles. The standard InChI is InChI=1S/C31H62/c1-10-14-23-29(12-3)27(7)31(8,9)24-20-18-16-15-17-19-22-28(21-11-2)25-30(13-4)26(5)6/h10,14,26-30H,11-13,15-25H2,1-9H3. The number of unbranched alkanes of at least 4 members (excludes halogenated alkanes) is 5. The molecule has 31 heavy (non-hydrogen) atoms. The van der Waals surface area contributed by atoms with Crippen LogP contribution < -0.4 is 0 Å². The summed E-state index contributed by atoms with van der Waals surface area (Å²) in [6, 6.07) is 0. The summed E-state index contributed by atoms with van der Waals surface area (Å²) in [5.74, 6) is 4.42. The Bertz CT molecular complexity index is 416. The van der Waals surface area contributed by atoms with Gasteiger partial charge in [0.25, 0.3) is 0 Å². The largest absolute Gasteiger partial charge is 0.0917 e. The molecule has 4 atom stereocenters. The van der Waals surface area contributed by atoms with Crippen molar-refractivity contribution in [1.29, 1.82) is 0 Å². The zero-order valence-electron chi connectivity index (χ0n) is 23.4. The minimum absolute atomic E-state index is 0.474. The van der Waals surface area contributed by atoms with Gasteiger partial charge in [-0.3, -0.25) is 0 Å². The van der Waals surface area contributed by atoms with Crippen LogP contribution >= 0.6 is 0 Å². The molecular formula is C31H62. The zero-order chi connectivity index (χ0) is 23.7. The molecule has 0 N–H and O–H groups in total. The van der Waals surface area contributed by atoms with Gasteiger partial charge in [-0.2, -0.15) is 0 Å². The normalized spacial score (nSPS) is 16.7. The Morgan fingerprint density at radius 2 is 1.32 bits per heavy atom. The minimum atomic E-state index is 0.474. The van der Waals surface area contributed by atoms with Crippen LogP contribution in [0.1, 0.15) is 152 Å². The Balaban J connectivity index is 4.09. The lowest BCUT2D eigenvalue weighted by atomic mass is 9.68. The van der Waals surface area contributed by atoms with Gasteiger partial charge in [0.1, 0.15) is 0 Å². The smallest absolute Gasteiger partial charge is 0.0320 e. The summed E-state index contributed by atoms with van der Waals surface area (Å²) in [4.78, 5) is 0. The van der Waals surface area contributed by atoms with Crippen molar-refractivity contribution in [2.75, 3.05) is 0 Å². The Morgan fingerprint density at radius 1 is 0.742 bits per heavy atom. The molecule has 0 nitrogen and oxygen atoms in total. The number of hydrogen-bond acceptors (Lipinski definition) is 0. The van der Waals surface area contributed by atoms with Crippen molar-refractivity contribution in [3.8, 4) is 0 Å². The summed E-state index contributed by atoms with van der Waals surface area (Å²) >= 11 is 0. The topological polar surface area (TPSA) is 0 Å². The van der Waals surface area contributed by atoms with Crippen molar-refractivity contribution in [3.63, 3.8) is 0 Å². The van der Waals surface area contributed by atoms with E-state index in [1.165, 1.54) is 89.9 Å². The molecule has 0 spiro atoms. The van der Waals surface area contributed by atoms with Gasteiger partial charge in [-0.1, -0.05) is 138 Å². The highest BCUT2D eigenvalue weighted by molar-refractivity contribution is 4.86. The summed E-state index contributed by atoms with van der Waals surface area (Å²) in [6.45, 7) is 21.7. The van der Waals surface area contributed by atoms with Crippen molar-refractivity contribution in [2.45, 2.75) is 152 Å². The zero-order valence-corrected chi connectivity index (χ0v) is 23.4. The van der Waals surface area contributed by atoms with Gasteiger partial charge in [-0.05, 0) is 61.2 Å². The van der Waals surface area contributed by atoms with Crippen LogP contribution in [-0.2, 0) is 0 Å². The fraction of sp³-hybridized carbons (Fsp3) is 0.935. The van der Waals surface area contributed by atoms with Gasteiger partial charge in [-0.25, -0.2) is 0 Å². The third-order valence-electron chi connectivity index (χ3n) is 8.62. The van der Waals surface area contributed by atoms with Gasteiger partial charge < -0.3 is 0 Å². The lowest BCUT2D eigenvalue weighted by molar-refractivity contribution is 0.136. The predicted octanol–water partition coefficient (Wildman–Crippen LogP) is 11.3. The van der Waals surface area contributed by atoms with E-state index in [1.54, 1.807) is 0 Å². The van der Waals surface area contributed by atoms with Crippen LogP contribution in [0.2, 0.25) is 0 Å². The van der Waals surface area contributed by atoms with E-state index < -0.39 is 0 Å². The van der Waals surface area contributed by atoms with E-state index in [9.17, 15) is 0 Å². The molecule has 0 aromatic rings. The predicted molar refractivity (Wildman–Crippen MR) is 145 cm³/mol. The average Bonchev–Trinajstić information content (AvgIpc) is 2.73. The fourth-order valence-corrected chi connectivity index (χ4v) is 5.75. The molecule has 0 fully saturated rings. The molecule has 186 valence electrons. The van der Waals surface area contributed by atoms with Gasteiger partial charge in [0.15, 0.2) is 0 Å². The molecule has 0 aromatic heterocycles. The molecular weight excluding hydrogens is 372 g/mol. The first-order chi connectivity index (χ1) is 14.7. The Labute approximate surface area is 199 Å². The highest BCUT2D eigenvalue weighted by Crippen LogP contribution is 2.40. The maximum absolute atomic E-state index is 2.52. The Kier molecular flexibility index (Phi) is 18.0. The van der Waals surface area contributed by atoms with Crippen LogP contribution in [0.5, 0.6) is 0 Å². The minimum Gasteiger partial charge on any atom is -0.0917 e. The lowest BCUT2D eigenvalue weighted by Crippen LogP contribution is -2.28. The Morgan fingerprint density at radius 3 is 1.84 bits per heavy atom. The summed E-state index contributed by atoms with van der Waals surface area (Å²) in [5.41, 5.74) is 0.474. The van der Waals surface area contributed by atoms with Crippen molar-refractivity contribution >= 4 is 0 Å². The Hall–Kier alpha value is -0.260.